The van der Waals surface area contributed by atoms with Gasteiger partial charge in [0.2, 0.25) is 0 Å². The highest BCUT2D eigenvalue weighted by Crippen LogP contribution is 2.31. The topological polar surface area (TPSA) is 46.2 Å². The molecule has 1 aromatic rings. The van der Waals surface area contributed by atoms with E-state index in [2.05, 4.69) is 22.5 Å². The van der Waals surface area contributed by atoms with Gasteiger partial charge in [0.1, 0.15) is 0 Å². The van der Waals surface area contributed by atoms with E-state index in [-0.39, 0.29) is 16.9 Å². The van der Waals surface area contributed by atoms with Gasteiger partial charge in [-0.05, 0) is 28.4 Å². The van der Waals surface area contributed by atoms with E-state index >= 15 is 0 Å². The predicted octanol–water partition coefficient (Wildman–Crippen LogP) is 3.29. The van der Waals surface area contributed by atoms with Crippen molar-refractivity contribution in [2.24, 2.45) is 5.73 Å². The molecule has 0 aliphatic heterocycles. The van der Waals surface area contributed by atoms with Crippen LogP contribution in [0, 0.1) is 5.82 Å². The standard InChI is InChI=1S/C10H11BrFNO.ClH/c1-2-3-8(13)6-4-5-7(11)9(12)10(6)14;/h2,4-5,8,14H,1,3,13H2;1H/t8-;/m0./s1. The van der Waals surface area contributed by atoms with Crippen LogP contribution in [0.3, 0.4) is 0 Å². The fraction of sp³-hybridized carbons (Fsp3) is 0.200. The van der Waals surface area contributed by atoms with Crippen molar-refractivity contribution in [2.45, 2.75) is 12.5 Å². The monoisotopic (exact) mass is 295 g/mol. The van der Waals surface area contributed by atoms with Crippen molar-refractivity contribution in [3.8, 4) is 5.75 Å². The third-order valence-electron chi connectivity index (χ3n) is 1.92. The first-order chi connectivity index (χ1) is 6.57. The van der Waals surface area contributed by atoms with Crippen molar-refractivity contribution in [3.05, 3.63) is 40.6 Å². The largest absolute Gasteiger partial charge is 0.505 e. The fourth-order valence-corrected chi connectivity index (χ4v) is 1.48. The van der Waals surface area contributed by atoms with Crippen LogP contribution in [0.15, 0.2) is 29.3 Å². The molecule has 0 heterocycles. The van der Waals surface area contributed by atoms with Crippen LogP contribution in [0.5, 0.6) is 5.75 Å². The molecular weight excluding hydrogens is 284 g/mol. The first-order valence-electron chi connectivity index (χ1n) is 4.11. The number of phenols is 1. The molecule has 1 rings (SSSR count). The van der Waals surface area contributed by atoms with Crippen molar-refractivity contribution in [1.82, 2.24) is 0 Å². The Morgan fingerprint density at radius 3 is 2.73 bits per heavy atom. The van der Waals surface area contributed by atoms with Crippen LogP contribution >= 0.6 is 28.3 Å². The van der Waals surface area contributed by atoms with Crippen LogP contribution in [0.4, 0.5) is 4.39 Å². The van der Waals surface area contributed by atoms with Crippen LogP contribution in [0.25, 0.3) is 0 Å². The highest BCUT2D eigenvalue weighted by molar-refractivity contribution is 9.10. The zero-order valence-corrected chi connectivity index (χ0v) is 10.3. The number of benzene rings is 1. The van der Waals surface area contributed by atoms with E-state index in [0.29, 0.717) is 12.0 Å². The summed E-state index contributed by atoms with van der Waals surface area (Å²) in [6, 6.07) is 2.69. The van der Waals surface area contributed by atoms with Gasteiger partial charge in [-0.2, -0.15) is 0 Å². The van der Waals surface area contributed by atoms with Gasteiger partial charge in [0.05, 0.1) is 4.47 Å². The van der Waals surface area contributed by atoms with Gasteiger partial charge in [0, 0.05) is 11.6 Å². The van der Waals surface area contributed by atoms with Crippen molar-refractivity contribution in [3.63, 3.8) is 0 Å². The van der Waals surface area contributed by atoms with Crippen LogP contribution in [-0.4, -0.2) is 5.11 Å². The molecule has 1 atom stereocenters. The van der Waals surface area contributed by atoms with E-state index in [1.165, 1.54) is 6.07 Å². The Labute approximate surface area is 103 Å². The Bertz CT molecular complexity index is 360. The third-order valence-corrected chi connectivity index (χ3v) is 2.53. The van der Waals surface area contributed by atoms with E-state index in [0.717, 1.165) is 0 Å². The van der Waals surface area contributed by atoms with Gasteiger partial charge in [0.15, 0.2) is 11.6 Å². The Balaban J connectivity index is 0.00000196. The summed E-state index contributed by atoms with van der Waals surface area (Å²) in [5, 5.41) is 9.46. The molecule has 0 saturated carbocycles. The number of hydrogen-bond acceptors (Lipinski definition) is 2. The summed E-state index contributed by atoms with van der Waals surface area (Å²) in [6.45, 7) is 3.53. The highest BCUT2D eigenvalue weighted by Gasteiger charge is 2.15. The second kappa shape index (κ2) is 6.10. The molecule has 0 fully saturated rings. The minimum atomic E-state index is -0.679. The van der Waals surface area contributed by atoms with Gasteiger partial charge < -0.3 is 10.8 Å². The van der Waals surface area contributed by atoms with Crippen LogP contribution in [0.2, 0.25) is 0 Å². The second-order valence-electron chi connectivity index (χ2n) is 2.93. The molecule has 0 spiro atoms. The molecule has 0 saturated heterocycles. The number of rotatable bonds is 3. The quantitative estimate of drug-likeness (QED) is 0.841. The molecule has 3 N–H and O–H groups in total. The average molecular weight is 297 g/mol. The van der Waals surface area contributed by atoms with E-state index < -0.39 is 17.6 Å². The number of aromatic hydroxyl groups is 1. The maximum Gasteiger partial charge on any atom is 0.179 e. The van der Waals surface area contributed by atoms with E-state index in [1.807, 2.05) is 0 Å². The predicted molar refractivity (Wildman–Crippen MR) is 64.8 cm³/mol. The maximum absolute atomic E-state index is 13.2. The Morgan fingerprint density at radius 1 is 1.60 bits per heavy atom. The lowest BCUT2D eigenvalue weighted by Crippen LogP contribution is -2.09. The van der Waals surface area contributed by atoms with E-state index in [1.54, 1.807) is 12.1 Å². The lowest BCUT2D eigenvalue weighted by atomic mass is 10.0. The van der Waals surface area contributed by atoms with Crippen LogP contribution in [-0.2, 0) is 0 Å². The van der Waals surface area contributed by atoms with Gasteiger partial charge in [-0.3, -0.25) is 0 Å². The van der Waals surface area contributed by atoms with Crippen molar-refractivity contribution in [2.75, 3.05) is 0 Å². The normalized spacial score (nSPS) is 11.7. The Morgan fingerprint density at radius 2 is 2.20 bits per heavy atom. The van der Waals surface area contributed by atoms with Crippen molar-refractivity contribution >= 4 is 28.3 Å². The minimum absolute atomic E-state index is 0. The molecule has 0 aliphatic carbocycles. The number of nitrogens with two attached hydrogens (primary N) is 1. The molecule has 0 aromatic heterocycles. The van der Waals surface area contributed by atoms with Crippen molar-refractivity contribution < 1.29 is 9.50 Å². The molecule has 5 heteroatoms. The first-order valence-corrected chi connectivity index (χ1v) is 4.90. The van der Waals surface area contributed by atoms with Gasteiger partial charge in [0.25, 0.3) is 0 Å². The molecule has 84 valence electrons. The van der Waals surface area contributed by atoms with E-state index in [4.69, 9.17) is 5.73 Å². The molecule has 1 aromatic carbocycles. The smallest absolute Gasteiger partial charge is 0.179 e. The third kappa shape index (κ3) is 3.19. The fourth-order valence-electron chi connectivity index (χ4n) is 1.16. The summed E-state index contributed by atoms with van der Waals surface area (Å²) in [7, 11) is 0. The molecule has 0 aliphatic rings. The van der Waals surface area contributed by atoms with Gasteiger partial charge >= 0.3 is 0 Å². The van der Waals surface area contributed by atoms with Gasteiger partial charge in [-0.1, -0.05) is 12.1 Å². The average Bonchev–Trinajstić information content (AvgIpc) is 2.15. The lowest BCUT2D eigenvalue weighted by Gasteiger charge is -2.12. The van der Waals surface area contributed by atoms with E-state index in [9.17, 15) is 9.50 Å². The Kier molecular flexibility index (Phi) is 5.87. The number of hydrogen-bond donors (Lipinski definition) is 2. The first kappa shape index (κ1) is 14.4. The molecule has 0 bridgehead atoms. The summed E-state index contributed by atoms with van der Waals surface area (Å²) in [5.41, 5.74) is 6.11. The summed E-state index contributed by atoms with van der Waals surface area (Å²) in [6.07, 6.45) is 2.12. The summed E-state index contributed by atoms with van der Waals surface area (Å²) in [4.78, 5) is 0. The zero-order valence-electron chi connectivity index (χ0n) is 7.91. The Hall–Kier alpha value is -0.580. The van der Waals surface area contributed by atoms with Crippen LogP contribution in [0.1, 0.15) is 18.0 Å². The highest BCUT2D eigenvalue weighted by atomic mass is 79.9. The maximum atomic E-state index is 13.2. The molecular formula is C10H12BrClFNO. The van der Waals surface area contributed by atoms with Crippen LogP contribution < -0.4 is 5.73 Å². The lowest BCUT2D eigenvalue weighted by molar-refractivity contribution is 0.419. The SMILES string of the molecule is C=CC[C@H](N)c1ccc(Br)c(F)c1O.Cl. The molecule has 0 radical (unpaired) electrons. The molecule has 0 unspecified atom stereocenters. The minimum Gasteiger partial charge on any atom is -0.505 e. The zero-order chi connectivity index (χ0) is 10.7. The summed E-state index contributed by atoms with van der Waals surface area (Å²) < 4.78 is 13.4. The molecule has 15 heavy (non-hydrogen) atoms. The van der Waals surface area contributed by atoms with Gasteiger partial charge in [-0.25, -0.2) is 4.39 Å². The number of phenolic OH excluding ortho intramolecular Hbond substituents is 1. The summed E-state index contributed by atoms with van der Waals surface area (Å²) in [5.74, 6) is -1.07. The van der Waals surface area contributed by atoms with Gasteiger partial charge in [-0.15, -0.1) is 19.0 Å². The molecule has 2 nitrogen and oxygen atoms in total. The molecule has 0 amide bonds. The summed E-state index contributed by atoms with van der Waals surface area (Å²) >= 11 is 2.97. The van der Waals surface area contributed by atoms with Crippen molar-refractivity contribution in [1.29, 1.82) is 0 Å². The second-order valence-corrected chi connectivity index (χ2v) is 3.78. The number of halogens is 3.